The molecule has 4 rings (SSSR count). The van der Waals surface area contributed by atoms with Crippen LogP contribution in [-0.4, -0.2) is 5.91 Å². The van der Waals surface area contributed by atoms with Gasteiger partial charge in [-0.2, -0.15) is 0 Å². The van der Waals surface area contributed by atoms with Crippen LogP contribution in [0.3, 0.4) is 0 Å². The summed E-state index contributed by atoms with van der Waals surface area (Å²) in [6, 6.07) is 21.0. The van der Waals surface area contributed by atoms with E-state index < -0.39 is 0 Å². The van der Waals surface area contributed by atoms with Gasteiger partial charge in [0.05, 0.1) is 6.26 Å². The number of hydrogen-bond acceptors (Lipinski definition) is 2. The van der Waals surface area contributed by atoms with Crippen molar-refractivity contribution < 1.29 is 9.21 Å². The second-order valence-electron chi connectivity index (χ2n) is 6.34. The number of nitrogens with one attached hydrogen (secondary N) is 1. The van der Waals surface area contributed by atoms with E-state index in [1.807, 2.05) is 66.7 Å². The number of halogens is 1. The maximum Gasteiger partial charge on any atom is 0.224 e. The zero-order valence-electron chi connectivity index (χ0n) is 13.6. The molecule has 0 bridgehead atoms. The molecule has 0 saturated heterocycles. The van der Waals surface area contributed by atoms with Gasteiger partial charge in [0.2, 0.25) is 5.91 Å². The highest BCUT2D eigenvalue weighted by Crippen LogP contribution is 2.49. The van der Waals surface area contributed by atoms with Gasteiger partial charge < -0.3 is 9.73 Å². The second kappa shape index (κ2) is 6.77. The van der Waals surface area contributed by atoms with Gasteiger partial charge in [-0.3, -0.25) is 4.79 Å². The first-order chi connectivity index (χ1) is 12.2. The Kier molecular flexibility index (Phi) is 4.33. The van der Waals surface area contributed by atoms with Crippen molar-refractivity contribution in [2.75, 3.05) is 0 Å². The van der Waals surface area contributed by atoms with Crippen LogP contribution in [0, 0.1) is 5.92 Å². The van der Waals surface area contributed by atoms with E-state index in [1.165, 1.54) is 0 Å². The first-order valence-corrected chi connectivity index (χ1v) is 8.75. The minimum Gasteiger partial charge on any atom is -0.467 e. The minimum atomic E-state index is -0.281. The summed E-state index contributed by atoms with van der Waals surface area (Å²) in [7, 11) is 0. The average molecular weight is 352 g/mol. The summed E-state index contributed by atoms with van der Waals surface area (Å²) in [5.41, 5.74) is 2.05. The smallest absolute Gasteiger partial charge is 0.224 e. The standard InChI is InChI=1S/C21H18ClNO2/c22-18-10-5-4-9-15(18)16-13-17(16)21(24)23-20(19-11-6-12-25-19)14-7-2-1-3-8-14/h1-12,16-17,20H,13H2,(H,23,24). The summed E-state index contributed by atoms with van der Waals surface area (Å²) < 4.78 is 5.55. The van der Waals surface area contributed by atoms with Gasteiger partial charge in [0.25, 0.3) is 0 Å². The molecule has 1 aromatic heterocycles. The first-order valence-electron chi connectivity index (χ1n) is 8.37. The number of amides is 1. The maximum atomic E-state index is 12.8. The Morgan fingerprint density at radius 3 is 2.52 bits per heavy atom. The molecule has 2 aromatic carbocycles. The summed E-state index contributed by atoms with van der Waals surface area (Å²) in [6.07, 6.45) is 2.45. The molecule has 1 aliphatic rings. The van der Waals surface area contributed by atoms with E-state index in [2.05, 4.69) is 5.32 Å². The maximum absolute atomic E-state index is 12.8. The third kappa shape index (κ3) is 3.33. The van der Waals surface area contributed by atoms with Crippen molar-refractivity contribution in [3.8, 4) is 0 Å². The number of rotatable bonds is 5. The Morgan fingerprint density at radius 1 is 1.04 bits per heavy atom. The molecule has 4 heteroatoms. The third-order valence-electron chi connectivity index (χ3n) is 4.68. The Morgan fingerprint density at radius 2 is 1.80 bits per heavy atom. The zero-order chi connectivity index (χ0) is 17.2. The van der Waals surface area contributed by atoms with Gasteiger partial charge >= 0.3 is 0 Å². The molecule has 0 spiro atoms. The van der Waals surface area contributed by atoms with Gasteiger partial charge in [-0.1, -0.05) is 60.1 Å². The van der Waals surface area contributed by atoms with Crippen LogP contribution in [0.1, 0.15) is 35.3 Å². The van der Waals surface area contributed by atoms with Crippen molar-refractivity contribution in [2.45, 2.75) is 18.4 Å². The second-order valence-corrected chi connectivity index (χ2v) is 6.75. The average Bonchev–Trinajstić information content (AvgIpc) is 3.25. The minimum absolute atomic E-state index is 0.0372. The van der Waals surface area contributed by atoms with E-state index in [0.717, 1.165) is 28.3 Å². The highest BCUT2D eigenvalue weighted by Gasteiger charge is 2.45. The summed E-state index contributed by atoms with van der Waals surface area (Å²) in [5, 5.41) is 3.87. The highest BCUT2D eigenvalue weighted by molar-refractivity contribution is 6.31. The fraction of sp³-hybridized carbons (Fsp3) is 0.190. The molecular weight excluding hydrogens is 334 g/mol. The van der Waals surface area contributed by atoms with Crippen LogP contribution in [0.15, 0.2) is 77.4 Å². The van der Waals surface area contributed by atoms with E-state index in [1.54, 1.807) is 6.26 Å². The van der Waals surface area contributed by atoms with Crippen LogP contribution in [0.5, 0.6) is 0 Å². The Balaban J connectivity index is 1.52. The van der Waals surface area contributed by atoms with Crippen LogP contribution in [0.25, 0.3) is 0 Å². The van der Waals surface area contributed by atoms with Crippen molar-refractivity contribution in [1.82, 2.24) is 5.32 Å². The number of hydrogen-bond donors (Lipinski definition) is 1. The van der Waals surface area contributed by atoms with Crippen molar-refractivity contribution in [1.29, 1.82) is 0 Å². The lowest BCUT2D eigenvalue weighted by Crippen LogP contribution is -2.30. The molecule has 1 amide bonds. The summed E-state index contributed by atoms with van der Waals surface area (Å²) in [4.78, 5) is 12.8. The normalized spacial score (nSPS) is 20.0. The lowest BCUT2D eigenvalue weighted by atomic mass is 10.0. The number of carbonyl (C=O) groups is 1. The predicted molar refractivity (Wildman–Crippen MR) is 97.4 cm³/mol. The van der Waals surface area contributed by atoms with E-state index in [0.29, 0.717) is 0 Å². The Bertz CT molecular complexity index is 861. The van der Waals surface area contributed by atoms with Crippen molar-refractivity contribution in [3.63, 3.8) is 0 Å². The molecule has 1 fully saturated rings. The number of furan rings is 1. The van der Waals surface area contributed by atoms with Crippen LogP contribution in [0.2, 0.25) is 5.02 Å². The van der Waals surface area contributed by atoms with Crippen LogP contribution in [0.4, 0.5) is 0 Å². The molecule has 126 valence electrons. The fourth-order valence-corrected chi connectivity index (χ4v) is 3.55. The van der Waals surface area contributed by atoms with E-state index in [-0.39, 0.29) is 23.8 Å². The van der Waals surface area contributed by atoms with Crippen molar-refractivity contribution >= 4 is 17.5 Å². The fourth-order valence-electron chi connectivity index (χ4n) is 3.27. The highest BCUT2D eigenvalue weighted by atomic mass is 35.5. The summed E-state index contributed by atoms with van der Waals surface area (Å²) >= 11 is 6.27. The van der Waals surface area contributed by atoms with Crippen LogP contribution in [-0.2, 0) is 4.79 Å². The quantitative estimate of drug-likeness (QED) is 0.707. The predicted octanol–water partition coefficient (Wildman–Crippen LogP) is 4.94. The lowest BCUT2D eigenvalue weighted by Gasteiger charge is -2.17. The third-order valence-corrected chi connectivity index (χ3v) is 5.02. The zero-order valence-corrected chi connectivity index (χ0v) is 14.3. The van der Waals surface area contributed by atoms with Gasteiger partial charge in [0.1, 0.15) is 11.8 Å². The van der Waals surface area contributed by atoms with Crippen LogP contribution >= 0.6 is 11.6 Å². The van der Waals surface area contributed by atoms with Gasteiger partial charge in [0, 0.05) is 10.9 Å². The SMILES string of the molecule is O=C(NC(c1ccccc1)c1ccco1)C1CC1c1ccccc1Cl. The number of benzene rings is 2. The summed E-state index contributed by atoms with van der Waals surface area (Å²) in [6.45, 7) is 0. The first kappa shape index (κ1) is 16.0. The Hall–Kier alpha value is -2.52. The van der Waals surface area contributed by atoms with E-state index in [4.69, 9.17) is 16.0 Å². The molecule has 0 aliphatic heterocycles. The molecule has 3 aromatic rings. The molecule has 1 N–H and O–H groups in total. The monoisotopic (exact) mass is 351 g/mol. The lowest BCUT2D eigenvalue weighted by molar-refractivity contribution is -0.123. The molecule has 1 heterocycles. The molecule has 1 aliphatic carbocycles. The van der Waals surface area contributed by atoms with E-state index >= 15 is 0 Å². The van der Waals surface area contributed by atoms with Gasteiger partial charge in [-0.05, 0) is 41.7 Å². The molecule has 1 saturated carbocycles. The molecular formula is C21H18ClNO2. The van der Waals surface area contributed by atoms with Crippen LogP contribution < -0.4 is 5.32 Å². The molecule has 0 radical (unpaired) electrons. The summed E-state index contributed by atoms with van der Waals surface area (Å²) in [5.74, 6) is 0.924. The van der Waals surface area contributed by atoms with Gasteiger partial charge in [-0.25, -0.2) is 0 Å². The molecule has 3 atom stereocenters. The molecule has 3 unspecified atom stereocenters. The topological polar surface area (TPSA) is 42.2 Å². The molecule has 3 nitrogen and oxygen atoms in total. The van der Waals surface area contributed by atoms with Crippen molar-refractivity contribution in [3.05, 3.63) is 94.9 Å². The Labute approximate surface area is 151 Å². The van der Waals surface area contributed by atoms with Crippen molar-refractivity contribution in [2.24, 2.45) is 5.92 Å². The van der Waals surface area contributed by atoms with Gasteiger partial charge in [-0.15, -0.1) is 0 Å². The van der Waals surface area contributed by atoms with Gasteiger partial charge in [0.15, 0.2) is 0 Å². The van der Waals surface area contributed by atoms with E-state index in [9.17, 15) is 4.79 Å². The number of carbonyl (C=O) groups excluding carboxylic acids is 1. The molecule has 25 heavy (non-hydrogen) atoms. The largest absolute Gasteiger partial charge is 0.467 e.